The summed E-state index contributed by atoms with van der Waals surface area (Å²) in [4.78, 5) is 0. The highest BCUT2D eigenvalue weighted by molar-refractivity contribution is 6.01. The van der Waals surface area contributed by atoms with E-state index in [1.807, 2.05) is 0 Å². The number of furan rings is 1. The third kappa shape index (κ3) is 2.41. The van der Waals surface area contributed by atoms with Crippen LogP contribution in [0.1, 0.15) is 11.3 Å². The van der Waals surface area contributed by atoms with Gasteiger partial charge >= 0.3 is 0 Å². The van der Waals surface area contributed by atoms with Gasteiger partial charge in [-0.1, -0.05) is 0 Å². The van der Waals surface area contributed by atoms with Crippen molar-refractivity contribution in [3.8, 4) is 34.3 Å². The van der Waals surface area contributed by atoms with Gasteiger partial charge in [0.05, 0.1) is 17.3 Å². The molecule has 26 heavy (non-hydrogen) atoms. The van der Waals surface area contributed by atoms with Crippen LogP contribution in [0.4, 0.5) is 4.39 Å². The minimum Gasteiger partial charge on any atom is -0.508 e. The largest absolute Gasteiger partial charge is 0.508 e. The number of fused-ring (bicyclic) bond motifs is 1. The second kappa shape index (κ2) is 6.02. The fraction of sp³-hybridized carbons (Fsp3) is 0.0526. The van der Waals surface area contributed by atoms with Gasteiger partial charge in [0.2, 0.25) is 0 Å². The lowest BCUT2D eigenvalue weighted by Gasteiger charge is -2.11. The number of nitrogens with one attached hydrogen (secondary N) is 1. The summed E-state index contributed by atoms with van der Waals surface area (Å²) in [5.41, 5.74) is 1.79. The lowest BCUT2D eigenvalue weighted by Crippen LogP contribution is -1.93. The lowest BCUT2D eigenvalue weighted by molar-refractivity contribution is 0.248. The van der Waals surface area contributed by atoms with Crippen molar-refractivity contribution in [3.05, 3.63) is 59.7 Å². The van der Waals surface area contributed by atoms with Crippen molar-refractivity contribution < 1.29 is 19.0 Å². The second-order valence-electron chi connectivity index (χ2n) is 5.71. The van der Waals surface area contributed by atoms with Gasteiger partial charge in [0.15, 0.2) is 0 Å². The molecule has 0 fully saturated rings. The molecular formula is C19H12FN3O3. The molecule has 0 atom stereocenters. The van der Waals surface area contributed by atoms with Gasteiger partial charge < -0.3 is 14.6 Å². The van der Waals surface area contributed by atoms with E-state index in [1.165, 1.54) is 12.1 Å². The summed E-state index contributed by atoms with van der Waals surface area (Å²) in [6, 6.07) is 10.8. The van der Waals surface area contributed by atoms with Crippen LogP contribution in [0.25, 0.3) is 33.4 Å². The molecule has 2 heterocycles. The maximum Gasteiger partial charge on any atom is 0.136 e. The van der Waals surface area contributed by atoms with E-state index < -0.39 is 5.82 Å². The molecule has 0 saturated carbocycles. The lowest BCUT2D eigenvalue weighted by atomic mass is 9.92. The number of aliphatic hydroxyl groups is 1. The Hall–Kier alpha value is -3.63. The van der Waals surface area contributed by atoms with Crippen LogP contribution >= 0.6 is 0 Å². The van der Waals surface area contributed by atoms with E-state index in [2.05, 4.69) is 16.3 Å². The SMILES string of the molecule is N#Cc1c(-c2ccc(O)cc2F)cc2[nH]ncc2c1-c1ccc(CO)o1. The zero-order valence-corrected chi connectivity index (χ0v) is 13.3. The van der Waals surface area contributed by atoms with Crippen molar-refractivity contribution in [2.24, 2.45) is 0 Å². The van der Waals surface area contributed by atoms with Crippen LogP contribution in [0, 0.1) is 17.1 Å². The molecule has 0 spiro atoms. The predicted octanol–water partition coefficient (Wildman–Crippen LogP) is 3.70. The highest BCUT2D eigenvalue weighted by atomic mass is 19.1. The van der Waals surface area contributed by atoms with Gasteiger partial charge in [-0.05, 0) is 30.3 Å². The molecule has 3 N–H and O–H groups in total. The number of aromatic nitrogens is 2. The van der Waals surface area contributed by atoms with E-state index in [-0.39, 0.29) is 23.5 Å². The number of aromatic amines is 1. The molecule has 2 aromatic carbocycles. The number of nitrogens with zero attached hydrogens (tertiary/aromatic N) is 2. The highest BCUT2D eigenvalue weighted by Gasteiger charge is 2.21. The first kappa shape index (κ1) is 15.9. The quantitative estimate of drug-likeness (QED) is 0.523. The fourth-order valence-electron chi connectivity index (χ4n) is 3.00. The van der Waals surface area contributed by atoms with Gasteiger partial charge in [-0.3, -0.25) is 5.10 Å². The molecule has 128 valence electrons. The van der Waals surface area contributed by atoms with Crippen LogP contribution in [0.15, 0.2) is 47.0 Å². The van der Waals surface area contributed by atoms with Gasteiger partial charge in [0.1, 0.15) is 35.8 Å². The summed E-state index contributed by atoms with van der Waals surface area (Å²) in [7, 11) is 0. The summed E-state index contributed by atoms with van der Waals surface area (Å²) < 4.78 is 20.0. The highest BCUT2D eigenvalue weighted by Crippen LogP contribution is 2.39. The van der Waals surface area contributed by atoms with Crippen LogP contribution in [0.5, 0.6) is 5.75 Å². The molecule has 4 rings (SSSR count). The Morgan fingerprint density at radius 1 is 1.19 bits per heavy atom. The summed E-state index contributed by atoms with van der Waals surface area (Å²) in [5.74, 6) is -0.132. The average Bonchev–Trinajstić information content (AvgIpc) is 3.29. The molecule has 4 aromatic rings. The van der Waals surface area contributed by atoms with E-state index in [1.54, 1.807) is 24.4 Å². The van der Waals surface area contributed by atoms with E-state index in [9.17, 15) is 19.9 Å². The maximum absolute atomic E-state index is 14.4. The topological polar surface area (TPSA) is 106 Å². The Morgan fingerprint density at radius 3 is 2.73 bits per heavy atom. The number of nitriles is 1. The number of H-pyrrole nitrogens is 1. The molecular weight excluding hydrogens is 337 g/mol. The monoisotopic (exact) mass is 349 g/mol. The summed E-state index contributed by atoms with van der Waals surface area (Å²) in [6.07, 6.45) is 1.56. The first-order chi connectivity index (χ1) is 12.6. The minimum atomic E-state index is -0.651. The Morgan fingerprint density at radius 2 is 2.04 bits per heavy atom. The van der Waals surface area contributed by atoms with Crippen LogP contribution in [0.3, 0.4) is 0 Å². The Labute approximate surface area is 146 Å². The number of phenols is 1. The average molecular weight is 349 g/mol. The fourth-order valence-corrected chi connectivity index (χ4v) is 3.00. The molecule has 0 aliphatic carbocycles. The predicted molar refractivity (Wildman–Crippen MR) is 91.5 cm³/mol. The van der Waals surface area contributed by atoms with Gasteiger partial charge in [-0.2, -0.15) is 10.4 Å². The van der Waals surface area contributed by atoms with Crippen LogP contribution in [-0.2, 0) is 6.61 Å². The smallest absolute Gasteiger partial charge is 0.136 e. The Balaban J connectivity index is 2.08. The molecule has 7 heteroatoms. The van der Waals surface area contributed by atoms with Crippen molar-refractivity contribution in [2.75, 3.05) is 0 Å². The molecule has 6 nitrogen and oxygen atoms in total. The summed E-state index contributed by atoms with van der Waals surface area (Å²) in [5, 5.41) is 35.9. The molecule has 0 unspecified atom stereocenters. The first-order valence-electron chi connectivity index (χ1n) is 7.71. The normalized spacial score (nSPS) is 11.0. The third-order valence-electron chi connectivity index (χ3n) is 4.16. The molecule has 0 radical (unpaired) electrons. The van der Waals surface area contributed by atoms with Crippen molar-refractivity contribution >= 4 is 10.9 Å². The molecule has 0 aliphatic rings. The minimum absolute atomic E-state index is 0.172. The zero-order valence-electron chi connectivity index (χ0n) is 13.3. The number of aromatic hydroxyl groups is 1. The number of rotatable bonds is 3. The third-order valence-corrected chi connectivity index (χ3v) is 4.16. The van der Waals surface area contributed by atoms with Gasteiger partial charge in [-0.15, -0.1) is 0 Å². The van der Waals surface area contributed by atoms with E-state index in [0.29, 0.717) is 33.6 Å². The van der Waals surface area contributed by atoms with Crippen molar-refractivity contribution in [2.45, 2.75) is 6.61 Å². The zero-order chi connectivity index (χ0) is 18.3. The molecule has 0 saturated heterocycles. The van der Waals surface area contributed by atoms with Crippen LogP contribution in [-0.4, -0.2) is 20.4 Å². The summed E-state index contributed by atoms with van der Waals surface area (Å²) in [6.45, 7) is -0.275. The van der Waals surface area contributed by atoms with Gasteiger partial charge in [-0.25, -0.2) is 4.39 Å². The molecule has 2 aromatic heterocycles. The standard InChI is InChI=1S/C19H12FN3O3/c20-16-5-10(25)1-3-12(16)13-6-17-15(8-22-23-17)19(14(13)7-21)18-4-2-11(9-24)26-18/h1-6,8,24-25H,9H2,(H,22,23). The van der Waals surface area contributed by atoms with E-state index in [0.717, 1.165) is 6.07 Å². The second-order valence-corrected chi connectivity index (χ2v) is 5.71. The van der Waals surface area contributed by atoms with Gasteiger partial charge in [0.25, 0.3) is 0 Å². The number of halogens is 1. The number of phenolic OH excluding ortho intramolecular Hbond substituents is 1. The summed E-state index contributed by atoms with van der Waals surface area (Å²) >= 11 is 0. The number of aliphatic hydroxyl groups excluding tert-OH is 1. The Bertz CT molecular complexity index is 1170. The Kier molecular flexibility index (Phi) is 3.68. The number of hydrogen-bond donors (Lipinski definition) is 3. The maximum atomic E-state index is 14.4. The van der Waals surface area contributed by atoms with Crippen LogP contribution in [0.2, 0.25) is 0 Å². The molecule has 0 amide bonds. The van der Waals surface area contributed by atoms with Crippen molar-refractivity contribution in [3.63, 3.8) is 0 Å². The number of benzene rings is 2. The van der Waals surface area contributed by atoms with Crippen LogP contribution < -0.4 is 0 Å². The number of hydrogen-bond acceptors (Lipinski definition) is 5. The van der Waals surface area contributed by atoms with E-state index in [4.69, 9.17) is 4.42 Å². The van der Waals surface area contributed by atoms with Gasteiger partial charge in [0, 0.05) is 28.1 Å². The van der Waals surface area contributed by atoms with Crippen molar-refractivity contribution in [1.29, 1.82) is 5.26 Å². The van der Waals surface area contributed by atoms with Crippen molar-refractivity contribution in [1.82, 2.24) is 10.2 Å². The molecule has 0 aliphatic heterocycles. The van der Waals surface area contributed by atoms with E-state index >= 15 is 0 Å². The first-order valence-corrected chi connectivity index (χ1v) is 7.71. The molecule has 0 bridgehead atoms.